The summed E-state index contributed by atoms with van der Waals surface area (Å²) in [6, 6.07) is 7.31. The fourth-order valence-electron chi connectivity index (χ4n) is 1.80. The first-order valence-corrected chi connectivity index (χ1v) is 8.01. The van der Waals surface area contributed by atoms with E-state index in [1.165, 1.54) is 37.3 Å². The van der Waals surface area contributed by atoms with E-state index in [0.29, 0.717) is 11.1 Å². The van der Waals surface area contributed by atoms with Gasteiger partial charge < -0.3 is 10.2 Å². The minimum absolute atomic E-state index is 0.300. The van der Waals surface area contributed by atoms with Gasteiger partial charge in [0.25, 0.3) is 15.7 Å². The van der Waals surface area contributed by atoms with Crippen molar-refractivity contribution in [1.82, 2.24) is 4.83 Å². The molecular formula is C14H13N3O6S. The summed E-state index contributed by atoms with van der Waals surface area (Å²) in [7, 11) is -4.09. The highest BCUT2D eigenvalue weighted by Gasteiger charge is 2.19. The molecule has 9 nitrogen and oxygen atoms in total. The zero-order chi connectivity index (χ0) is 17.9. The van der Waals surface area contributed by atoms with Crippen molar-refractivity contribution >= 4 is 21.9 Å². The number of sulfonamides is 1. The molecule has 0 radical (unpaired) electrons. The molecule has 0 spiro atoms. The van der Waals surface area contributed by atoms with Crippen molar-refractivity contribution in [3.05, 3.63) is 57.6 Å². The van der Waals surface area contributed by atoms with Crippen molar-refractivity contribution in [2.45, 2.75) is 11.8 Å². The molecule has 0 heterocycles. The molecule has 0 aliphatic heterocycles. The lowest BCUT2D eigenvalue weighted by Gasteiger charge is -2.04. The molecule has 2 rings (SSSR count). The lowest BCUT2D eigenvalue weighted by molar-refractivity contribution is -0.385. The van der Waals surface area contributed by atoms with Gasteiger partial charge in [-0.25, -0.2) is 4.83 Å². The average molecular weight is 351 g/mol. The molecule has 2 aromatic carbocycles. The molecule has 126 valence electrons. The van der Waals surface area contributed by atoms with Gasteiger partial charge in [0.05, 0.1) is 16.0 Å². The Morgan fingerprint density at radius 3 is 2.50 bits per heavy atom. The third-order valence-electron chi connectivity index (χ3n) is 3.07. The number of hydrazone groups is 1. The summed E-state index contributed by atoms with van der Waals surface area (Å²) in [5.74, 6) is -0.698. The molecule has 0 saturated carbocycles. The van der Waals surface area contributed by atoms with Gasteiger partial charge in [0.15, 0.2) is 11.5 Å². The maximum absolute atomic E-state index is 12.1. The quantitative estimate of drug-likeness (QED) is 0.323. The molecule has 0 atom stereocenters. The number of benzene rings is 2. The Kier molecular flexibility index (Phi) is 4.69. The smallest absolute Gasteiger partial charge is 0.276 e. The number of aryl methyl sites for hydroxylation is 1. The van der Waals surface area contributed by atoms with E-state index < -0.39 is 14.9 Å². The van der Waals surface area contributed by atoms with Crippen LogP contribution in [0.5, 0.6) is 11.5 Å². The number of nitro groups is 1. The summed E-state index contributed by atoms with van der Waals surface area (Å²) in [6.45, 7) is 1.50. The second-order valence-electron chi connectivity index (χ2n) is 4.81. The topological polar surface area (TPSA) is 142 Å². The zero-order valence-electron chi connectivity index (χ0n) is 12.4. The van der Waals surface area contributed by atoms with E-state index in [1.807, 2.05) is 4.83 Å². The van der Waals surface area contributed by atoms with Gasteiger partial charge in [-0.2, -0.15) is 13.5 Å². The number of nitro benzene ring substituents is 1. The zero-order valence-corrected chi connectivity index (χ0v) is 13.2. The summed E-state index contributed by atoms with van der Waals surface area (Å²) in [5, 5.41) is 32.9. The van der Waals surface area contributed by atoms with Crippen LogP contribution >= 0.6 is 0 Å². The maximum Gasteiger partial charge on any atom is 0.276 e. The van der Waals surface area contributed by atoms with Gasteiger partial charge in [0.2, 0.25) is 0 Å². The van der Waals surface area contributed by atoms with Crippen molar-refractivity contribution < 1.29 is 23.6 Å². The fraction of sp³-hybridized carbons (Fsp3) is 0.0714. The normalized spacial score (nSPS) is 11.5. The monoisotopic (exact) mass is 351 g/mol. The summed E-state index contributed by atoms with van der Waals surface area (Å²) < 4.78 is 24.2. The van der Waals surface area contributed by atoms with Gasteiger partial charge in [-0.1, -0.05) is 6.07 Å². The van der Waals surface area contributed by atoms with E-state index in [4.69, 9.17) is 0 Å². The number of hydrogen-bond acceptors (Lipinski definition) is 7. The molecule has 0 bridgehead atoms. The molecule has 0 saturated heterocycles. The first kappa shape index (κ1) is 17.2. The van der Waals surface area contributed by atoms with Crippen molar-refractivity contribution in [3.63, 3.8) is 0 Å². The van der Waals surface area contributed by atoms with Gasteiger partial charge in [-0.05, 0) is 36.8 Å². The molecule has 3 N–H and O–H groups in total. The number of rotatable bonds is 5. The Morgan fingerprint density at radius 1 is 1.17 bits per heavy atom. The lowest BCUT2D eigenvalue weighted by atomic mass is 10.2. The lowest BCUT2D eigenvalue weighted by Crippen LogP contribution is -2.18. The standard InChI is InChI=1S/C14H13N3O6S/c1-9-2-4-11(7-12(9)17(20)21)24(22,23)16-15-8-10-3-5-13(18)14(19)6-10/h2-8,16,18-19H,1H3. The Labute approximate surface area is 137 Å². The van der Waals surface area contributed by atoms with Crippen LogP contribution in [-0.2, 0) is 10.0 Å². The fourth-order valence-corrected chi connectivity index (χ4v) is 2.61. The minimum atomic E-state index is -4.09. The number of nitrogens with one attached hydrogen (secondary N) is 1. The van der Waals surface area contributed by atoms with E-state index in [2.05, 4.69) is 5.10 Å². The van der Waals surface area contributed by atoms with Gasteiger partial charge in [0, 0.05) is 11.6 Å². The van der Waals surface area contributed by atoms with Crippen molar-refractivity contribution in [2.75, 3.05) is 0 Å². The Balaban J connectivity index is 2.22. The van der Waals surface area contributed by atoms with Crippen LogP contribution in [0.4, 0.5) is 5.69 Å². The second-order valence-corrected chi connectivity index (χ2v) is 6.47. The predicted octanol–water partition coefficient (Wildman–Crippen LogP) is 1.63. The summed E-state index contributed by atoms with van der Waals surface area (Å²) >= 11 is 0. The molecule has 24 heavy (non-hydrogen) atoms. The van der Waals surface area contributed by atoms with Crippen LogP contribution in [-0.4, -0.2) is 29.8 Å². The first-order valence-electron chi connectivity index (χ1n) is 6.52. The highest BCUT2D eigenvalue weighted by Crippen LogP contribution is 2.24. The van der Waals surface area contributed by atoms with Gasteiger partial charge in [-0.15, -0.1) is 0 Å². The first-order chi connectivity index (χ1) is 11.2. The largest absolute Gasteiger partial charge is 0.504 e. The van der Waals surface area contributed by atoms with Crippen LogP contribution in [0.25, 0.3) is 0 Å². The minimum Gasteiger partial charge on any atom is -0.504 e. The van der Waals surface area contributed by atoms with Crippen LogP contribution < -0.4 is 4.83 Å². The van der Waals surface area contributed by atoms with Crippen LogP contribution in [0.3, 0.4) is 0 Å². The molecule has 0 amide bonds. The van der Waals surface area contributed by atoms with E-state index in [1.54, 1.807) is 0 Å². The van der Waals surface area contributed by atoms with Crippen LogP contribution in [0, 0.1) is 17.0 Å². The molecular weight excluding hydrogens is 338 g/mol. The van der Waals surface area contributed by atoms with Gasteiger partial charge >= 0.3 is 0 Å². The third kappa shape index (κ3) is 3.79. The Bertz CT molecular complexity index is 924. The van der Waals surface area contributed by atoms with Crippen molar-refractivity contribution in [2.24, 2.45) is 5.10 Å². The molecule has 0 unspecified atom stereocenters. The third-order valence-corrected chi connectivity index (χ3v) is 4.29. The molecule has 10 heteroatoms. The average Bonchev–Trinajstić information content (AvgIpc) is 2.50. The van der Waals surface area contributed by atoms with E-state index >= 15 is 0 Å². The summed E-state index contributed by atoms with van der Waals surface area (Å²) in [5.41, 5.74) is 0.357. The predicted molar refractivity (Wildman–Crippen MR) is 85.5 cm³/mol. The highest BCUT2D eigenvalue weighted by atomic mass is 32.2. The van der Waals surface area contributed by atoms with Crippen LogP contribution in [0.1, 0.15) is 11.1 Å². The number of phenolic OH excluding ortho intramolecular Hbond substituents is 2. The van der Waals surface area contributed by atoms with Crippen molar-refractivity contribution in [1.29, 1.82) is 0 Å². The Morgan fingerprint density at radius 2 is 1.88 bits per heavy atom. The Hall–Kier alpha value is -3.14. The molecule has 2 aromatic rings. The van der Waals surface area contributed by atoms with Crippen LogP contribution in [0.2, 0.25) is 0 Å². The van der Waals surface area contributed by atoms with Gasteiger partial charge in [0.1, 0.15) is 0 Å². The number of phenols is 2. The van der Waals surface area contributed by atoms with E-state index in [-0.39, 0.29) is 22.1 Å². The van der Waals surface area contributed by atoms with E-state index in [9.17, 15) is 28.7 Å². The molecule has 0 aromatic heterocycles. The highest BCUT2D eigenvalue weighted by molar-refractivity contribution is 7.89. The SMILES string of the molecule is Cc1ccc(S(=O)(=O)NN=Cc2ccc(O)c(O)c2)cc1[N+](=O)[O-]. The summed E-state index contributed by atoms with van der Waals surface area (Å²) in [6.07, 6.45) is 1.11. The molecule has 0 fully saturated rings. The van der Waals surface area contributed by atoms with Gasteiger partial charge in [-0.3, -0.25) is 10.1 Å². The summed E-state index contributed by atoms with van der Waals surface area (Å²) in [4.78, 5) is 11.8. The van der Waals surface area contributed by atoms with E-state index in [0.717, 1.165) is 12.3 Å². The number of nitrogens with zero attached hydrogens (tertiary/aromatic N) is 2. The number of hydrogen-bond donors (Lipinski definition) is 3. The van der Waals surface area contributed by atoms with Crippen molar-refractivity contribution in [3.8, 4) is 11.5 Å². The maximum atomic E-state index is 12.1. The van der Waals surface area contributed by atoms with Crippen LogP contribution in [0.15, 0.2) is 46.4 Å². The second kappa shape index (κ2) is 6.54. The number of aromatic hydroxyl groups is 2. The molecule has 0 aliphatic carbocycles. The molecule has 0 aliphatic rings.